The Labute approximate surface area is 193 Å². The lowest BCUT2D eigenvalue weighted by Crippen LogP contribution is -2.46. The zero-order valence-corrected chi connectivity index (χ0v) is 19.2. The summed E-state index contributed by atoms with van der Waals surface area (Å²) in [5.41, 5.74) is -1.04. The first-order chi connectivity index (χ1) is 15.3. The topological polar surface area (TPSA) is 47.6 Å². The van der Waals surface area contributed by atoms with E-state index < -0.39 is 17.6 Å². The molecular weight excluding hydrogens is 437 g/mol. The highest BCUT2D eigenvalue weighted by atomic mass is 32.1. The largest absolute Gasteiger partial charge is 0.418 e. The number of rotatable bonds is 4. The van der Waals surface area contributed by atoms with Gasteiger partial charge in [-0.05, 0) is 43.6 Å². The maximum absolute atomic E-state index is 13.2. The third-order valence-corrected chi connectivity index (χ3v) is 6.56. The number of benzene rings is 1. The molecule has 1 aromatic rings. The molecule has 5 nitrogen and oxygen atoms in total. The SMILES string of the molecule is O=C(CN1CCCN(C(=S)NC2CCCCCCC2)CC1)Nc1ccccc1C(F)(F)F. The molecule has 1 aliphatic heterocycles. The fourth-order valence-electron chi connectivity index (χ4n) is 4.43. The third kappa shape index (κ3) is 7.62. The summed E-state index contributed by atoms with van der Waals surface area (Å²) in [6.45, 7) is 2.92. The fraction of sp³-hybridized carbons (Fsp3) is 0.652. The third-order valence-electron chi connectivity index (χ3n) is 6.18. The summed E-state index contributed by atoms with van der Waals surface area (Å²) in [7, 11) is 0. The van der Waals surface area contributed by atoms with Crippen molar-refractivity contribution in [2.75, 3.05) is 38.0 Å². The predicted molar refractivity (Wildman–Crippen MR) is 125 cm³/mol. The molecule has 0 aromatic heterocycles. The van der Waals surface area contributed by atoms with Crippen LogP contribution in [0.25, 0.3) is 0 Å². The minimum Gasteiger partial charge on any atom is -0.360 e. The second-order valence-corrected chi connectivity index (χ2v) is 9.09. The molecule has 1 saturated heterocycles. The molecule has 1 saturated carbocycles. The Hall–Kier alpha value is -1.87. The molecule has 1 heterocycles. The fourth-order valence-corrected chi connectivity index (χ4v) is 4.78. The number of anilines is 1. The minimum absolute atomic E-state index is 0.0584. The second-order valence-electron chi connectivity index (χ2n) is 8.70. The molecule has 1 amide bonds. The number of nitrogens with one attached hydrogen (secondary N) is 2. The van der Waals surface area contributed by atoms with Gasteiger partial charge >= 0.3 is 6.18 Å². The van der Waals surface area contributed by atoms with Crippen LogP contribution in [0.15, 0.2) is 24.3 Å². The summed E-state index contributed by atoms with van der Waals surface area (Å²) in [6.07, 6.45) is 5.03. The Balaban J connectivity index is 1.48. The summed E-state index contributed by atoms with van der Waals surface area (Å²) < 4.78 is 39.5. The van der Waals surface area contributed by atoms with Gasteiger partial charge in [0.05, 0.1) is 17.8 Å². The molecule has 2 fully saturated rings. The molecule has 0 spiro atoms. The molecule has 178 valence electrons. The van der Waals surface area contributed by atoms with Crippen LogP contribution in [0.4, 0.5) is 18.9 Å². The lowest BCUT2D eigenvalue weighted by atomic mass is 9.97. The Kier molecular flexibility index (Phi) is 9.16. The zero-order chi connectivity index (χ0) is 23.0. The van der Waals surface area contributed by atoms with Gasteiger partial charge in [0.25, 0.3) is 0 Å². The number of carbonyl (C=O) groups is 1. The molecule has 1 aromatic carbocycles. The van der Waals surface area contributed by atoms with Gasteiger partial charge in [-0.2, -0.15) is 13.2 Å². The summed E-state index contributed by atoms with van der Waals surface area (Å²) in [4.78, 5) is 16.6. The van der Waals surface area contributed by atoms with Gasteiger partial charge in [-0.3, -0.25) is 9.69 Å². The monoisotopic (exact) mass is 470 g/mol. The number of hydrogen-bond donors (Lipinski definition) is 2. The smallest absolute Gasteiger partial charge is 0.360 e. The van der Waals surface area contributed by atoms with Gasteiger partial charge in [0.1, 0.15) is 0 Å². The Morgan fingerprint density at radius 1 is 0.969 bits per heavy atom. The van der Waals surface area contributed by atoms with Crippen molar-refractivity contribution in [2.24, 2.45) is 0 Å². The van der Waals surface area contributed by atoms with E-state index in [-0.39, 0.29) is 12.2 Å². The first kappa shape index (κ1) is 24.8. The van der Waals surface area contributed by atoms with Crippen LogP contribution in [-0.4, -0.2) is 59.6 Å². The van der Waals surface area contributed by atoms with Crippen LogP contribution in [0, 0.1) is 0 Å². The van der Waals surface area contributed by atoms with Crippen molar-refractivity contribution in [3.63, 3.8) is 0 Å². The molecule has 9 heteroatoms. The lowest BCUT2D eigenvalue weighted by molar-refractivity contribution is -0.137. The van der Waals surface area contributed by atoms with E-state index in [2.05, 4.69) is 15.5 Å². The van der Waals surface area contributed by atoms with Gasteiger partial charge in [0.2, 0.25) is 5.91 Å². The molecule has 0 radical (unpaired) electrons. The van der Waals surface area contributed by atoms with Crippen molar-refractivity contribution in [2.45, 2.75) is 63.6 Å². The van der Waals surface area contributed by atoms with E-state index in [9.17, 15) is 18.0 Å². The predicted octanol–water partition coefficient (Wildman–Crippen LogP) is 4.64. The number of hydrogen-bond acceptors (Lipinski definition) is 3. The van der Waals surface area contributed by atoms with E-state index in [0.717, 1.165) is 37.0 Å². The number of amides is 1. The van der Waals surface area contributed by atoms with Gasteiger partial charge in [-0.1, -0.05) is 44.2 Å². The van der Waals surface area contributed by atoms with Gasteiger partial charge < -0.3 is 15.5 Å². The van der Waals surface area contributed by atoms with E-state index >= 15 is 0 Å². The number of nitrogens with zero attached hydrogens (tertiary/aromatic N) is 2. The molecule has 2 N–H and O–H groups in total. The van der Waals surface area contributed by atoms with Gasteiger partial charge in [0.15, 0.2) is 5.11 Å². The Morgan fingerprint density at radius 3 is 2.38 bits per heavy atom. The average Bonchev–Trinajstić information content (AvgIpc) is 2.95. The first-order valence-corrected chi connectivity index (χ1v) is 12.0. The molecular formula is C23H33F3N4OS. The van der Waals surface area contributed by atoms with Crippen LogP contribution in [0.5, 0.6) is 0 Å². The van der Waals surface area contributed by atoms with E-state index in [1.54, 1.807) is 0 Å². The van der Waals surface area contributed by atoms with Crippen molar-refractivity contribution in [3.8, 4) is 0 Å². The number of alkyl halides is 3. The lowest BCUT2D eigenvalue weighted by Gasteiger charge is -2.29. The first-order valence-electron chi connectivity index (χ1n) is 11.6. The zero-order valence-electron chi connectivity index (χ0n) is 18.4. The molecule has 3 rings (SSSR count). The van der Waals surface area contributed by atoms with Crippen LogP contribution in [0.2, 0.25) is 0 Å². The van der Waals surface area contributed by atoms with Gasteiger partial charge in [-0.15, -0.1) is 0 Å². The summed E-state index contributed by atoms with van der Waals surface area (Å²) in [5, 5.41) is 6.76. The normalized spacial score (nSPS) is 19.5. The van der Waals surface area contributed by atoms with Crippen molar-refractivity contribution in [3.05, 3.63) is 29.8 Å². The summed E-state index contributed by atoms with van der Waals surface area (Å²) in [5.74, 6) is -0.439. The van der Waals surface area contributed by atoms with Crippen LogP contribution < -0.4 is 10.6 Å². The highest BCUT2D eigenvalue weighted by Gasteiger charge is 2.33. The van der Waals surface area contributed by atoms with Crippen molar-refractivity contribution < 1.29 is 18.0 Å². The minimum atomic E-state index is -4.51. The highest BCUT2D eigenvalue weighted by Crippen LogP contribution is 2.34. The molecule has 1 aliphatic carbocycles. The van der Waals surface area contributed by atoms with E-state index in [4.69, 9.17) is 12.2 Å². The van der Waals surface area contributed by atoms with Crippen LogP contribution in [0.3, 0.4) is 0 Å². The van der Waals surface area contributed by atoms with E-state index in [1.165, 1.54) is 50.3 Å². The van der Waals surface area contributed by atoms with E-state index in [0.29, 0.717) is 25.7 Å². The summed E-state index contributed by atoms with van der Waals surface area (Å²) in [6, 6.07) is 5.49. The molecule has 0 atom stereocenters. The van der Waals surface area contributed by atoms with Gasteiger partial charge in [0, 0.05) is 32.2 Å². The average molecular weight is 471 g/mol. The number of halogens is 3. The molecule has 0 bridgehead atoms. The number of carbonyl (C=O) groups excluding carboxylic acids is 1. The van der Waals surface area contributed by atoms with Crippen LogP contribution in [0.1, 0.15) is 56.9 Å². The standard InChI is InChI=1S/C23H33F3N4OS/c24-23(25,26)19-11-6-7-12-20(19)28-21(31)17-29-13-8-14-30(16-15-29)22(32)27-18-9-4-2-1-3-5-10-18/h6-7,11-12,18H,1-5,8-10,13-17H2,(H,27,32)(H,28,31). The quantitative estimate of drug-likeness (QED) is 0.628. The maximum Gasteiger partial charge on any atom is 0.418 e. The van der Waals surface area contributed by atoms with Crippen molar-refractivity contribution >= 4 is 28.9 Å². The van der Waals surface area contributed by atoms with Crippen LogP contribution in [-0.2, 0) is 11.0 Å². The molecule has 2 aliphatic rings. The maximum atomic E-state index is 13.2. The molecule has 32 heavy (non-hydrogen) atoms. The Morgan fingerprint density at radius 2 is 1.66 bits per heavy atom. The van der Waals surface area contributed by atoms with Crippen LogP contribution >= 0.6 is 12.2 Å². The second kappa shape index (κ2) is 11.8. The summed E-state index contributed by atoms with van der Waals surface area (Å²) >= 11 is 5.67. The van der Waals surface area contributed by atoms with Gasteiger partial charge in [-0.25, -0.2) is 0 Å². The molecule has 0 unspecified atom stereocenters. The number of para-hydroxylation sites is 1. The number of thiocarbonyl (C=S) groups is 1. The van der Waals surface area contributed by atoms with Crippen molar-refractivity contribution in [1.29, 1.82) is 0 Å². The van der Waals surface area contributed by atoms with Crippen molar-refractivity contribution in [1.82, 2.24) is 15.1 Å². The highest BCUT2D eigenvalue weighted by molar-refractivity contribution is 7.80. The Bertz CT molecular complexity index is 766. The van der Waals surface area contributed by atoms with E-state index in [1.807, 2.05) is 4.90 Å².